The Labute approximate surface area is 76.5 Å². The fraction of sp³-hybridized carbons (Fsp3) is 1.00. The van der Waals surface area contributed by atoms with Crippen LogP contribution in [0.5, 0.6) is 0 Å². The number of rotatable bonds is 6. The highest BCUT2D eigenvalue weighted by Crippen LogP contribution is 2.19. The monoisotopic (exact) mass is 173 g/mol. The van der Waals surface area contributed by atoms with Crippen LogP contribution in [0.4, 0.5) is 0 Å². The van der Waals surface area contributed by atoms with Crippen molar-refractivity contribution in [3.63, 3.8) is 0 Å². The Hall–Kier alpha value is -0.0800. The van der Waals surface area contributed by atoms with Crippen molar-refractivity contribution in [2.45, 2.75) is 46.1 Å². The van der Waals surface area contributed by atoms with Crippen molar-refractivity contribution in [1.82, 2.24) is 0 Å². The zero-order chi connectivity index (χ0) is 9.61. The standard InChI is InChI=1S/C10H23NO/c1-5-6-12-10(4,8-11)7-9(2)3/h9H,5-8,11H2,1-4H3. The van der Waals surface area contributed by atoms with E-state index in [0.717, 1.165) is 19.4 Å². The molecule has 0 saturated carbocycles. The zero-order valence-electron chi connectivity index (χ0n) is 8.89. The molecule has 12 heavy (non-hydrogen) atoms. The van der Waals surface area contributed by atoms with Gasteiger partial charge in [0, 0.05) is 13.2 Å². The van der Waals surface area contributed by atoms with Crippen LogP contribution in [0, 0.1) is 5.92 Å². The van der Waals surface area contributed by atoms with Gasteiger partial charge in [-0.3, -0.25) is 0 Å². The first-order valence-electron chi connectivity index (χ1n) is 4.88. The molecule has 0 saturated heterocycles. The van der Waals surface area contributed by atoms with E-state index >= 15 is 0 Å². The van der Waals surface area contributed by atoms with Gasteiger partial charge in [-0.1, -0.05) is 20.8 Å². The van der Waals surface area contributed by atoms with Crippen molar-refractivity contribution < 1.29 is 4.74 Å². The SMILES string of the molecule is CCCOC(C)(CN)CC(C)C. The van der Waals surface area contributed by atoms with Crippen LogP contribution in [0.25, 0.3) is 0 Å². The van der Waals surface area contributed by atoms with Crippen LogP contribution >= 0.6 is 0 Å². The second-order valence-electron chi connectivity index (χ2n) is 4.10. The van der Waals surface area contributed by atoms with E-state index in [4.69, 9.17) is 10.5 Å². The molecule has 2 heteroatoms. The summed E-state index contributed by atoms with van der Waals surface area (Å²) in [6, 6.07) is 0. The molecule has 1 unspecified atom stereocenters. The molecule has 0 spiro atoms. The van der Waals surface area contributed by atoms with Gasteiger partial charge in [0.15, 0.2) is 0 Å². The number of hydrogen-bond acceptors (Lipinski definition) is 2. The van der Waals surface area contributed by atoms with Crippen LogP contribution in [-0.4, -0.2) is 18.8 Å². The number of nitrogens with two attached hydrogens (primary N) is 1. The van der Waals surface area contributed by atoms with E-state index in [2.05, 4.69) is 27.7 Å². The van der Waals surface area contributed by atoms with E-state index in [1.165, 1.54) is 0 Å². The lowest BCUT2D eigenvalue weighted by Crippen LogP contribution is -2.39. The molecule has 0 aromatic heterocycles. The molecule has 74 valence electrons. The lowest BCUT2D eigenvalue weighted by molar-refractivity contribution is -0.0381. The molecule has 0 aliphatic rings. The van der Waals surface area contributed by atoms with Gasteiger partial charge in [0.2, 0.25) is 0 Å². The molecular formula is C10H23NO. The average molecular weight is 173 g/mol. The summed E-state index contributed by atoms with van der Waals surface area (Å²) in [5, 5.41) is 0. The summed E-state index contributed by atoms with van der Waals surface area (Å²) in [6.07, 6.45) is 2.11. The van der Waals surface area contributed by atoms with Gasteiger partial charge in [0.1, 0.15) is 0 Å². The third-order valence-corrected chi connectivity index (χ3v) is 1.93. The number of ether oxygens (including phenoxy) is 1. The Kier molecular flexibility index (Phi) is 5.51. The molecule has 0 aromatic carbocycles. The van der Waals surface area contributed by atoms with Gasteiger partial charge >= 0.3 is 0 Å². The van der Waals surface area contributed by atoms with Gasteiger partial charge in [-0.2, -0.15) is 0 Å². The van der Waals surface area contributed by atoms with E-state index in [1.54, 1.807) is 0 Å². The van der Waals surface area contributed by atoms with Gasteiger partial charge in [0.25, 0.3) is 0 Å². The molecule has 0 aromatic rings. The maximum Gasteiger partial charge on any atom is 0.0778 e. The van der Waals surface area contributed by atoms with Crippen LogP contribution in [0.15, 0.2) is 0 Å². The molecule has 0 heterocycles. The van der Waals surface area contributed by atoms with Crippen LogP contribution in [0.2, 0.25) is 0 Å². The number of hydrogen-bond donors (Lipinski definition) is 1. The normalized spacial score (nSPS) is 16.5. The topological polar surface area (TPSA) is 35.2 Å². The lowest BCUT2D eigenvalue weighted by Gasteiger charge is -2.30. The van der Waals surface area contributed by atoms with Crippen molar-refractivity contribution in [2.75, 3.05) is 13.2 Å². The summed E-state index contributed by atoms with van der Waals surface area (Å²) in [5.74, 6) is 0.649. The molecule has 0 bridgehead atoms. The quantitative estimate of drug-likeness (QED) is 0.668. The molecule has 0 radical (unpaired) electrons. The fourth-order valence-corrected chi connectivity index (χ4v) is 1.41. The molecule has 0 aliphatic heterocycles. The molecule has 0 fully saturated rings. The molecule has 0 rings (SSSR count). The van der Waals surface area contributed by atoms with E-state index in [1.807, 2.05) is 0 Å². The first-order chi connectivity index (χ1) is 5.54. The highest BCUT2D eigenvalue weighted by molar-refractivity contribution is 4.77. The summed E-state index contributed by atoms with van der Waals surface area (Å²) in [7, 11) is 0. The van der Waals surface area contributed by atoms with Gasteiger partial charge < -0.3 is 10.5 Å². The van der Waals surface area contributed by atoms with E-state index in [9.17, 15) is 0 Å². The maximum atomic E-state index is 5.71. The Balaban J connectivity index is 3.86. The van der Waals surface area contributed by atoms with Crippen molar-refractivity contribution in [2.24, 2.45) is 11.7 Å². The molecule has 2 nitrogen and oxygen atoms in total. The highest BCUT2D eigenvalue weighted by Gasteiger charge is 2.23. The summed E-state index contributed by atoms with van der Waals surface area (Å²) in [4.78, 5) is 0. The van der Waals surface area contributed by atoms with Gasteiger partial charge in [-0.15, -0.1) is 0 Å². The third-order valence-electron chi connectivity index (χ3n) is 1.93. The maximum absolute atomic E-state index is 5.71. The van der Waals surface area contributed by atoms with Crippen LogP contribution in [-0.2, 0) is 4.74 Å². The Bertz CT molecular complexity index is 114. The first kappa shape index (κ1) is 11.9. The average Bonchev–Trinajstić information content (AvgIpc) is 2.00. The smallest absolute Gasteiger partial charge is 0.0778 e. The fourth-order valence-electron chi connectivity index (χ4n) is 1.41. The van der Waals surface area contributed by atoms with Gasteiger partial charge in [0.05, 0.1) is 5.60 Å². The van der Waals surface area contributed by atoms with E-state index in [-0.39, 0.29) is 5.60 Å². The highest BCUT2D eigenvalue weighted by atomic mass is 16.5. The van der Waals surface area contributed by atoms with E-state index in [0.29, 0.717) is 12.5 Å². The third kappa shape index (κ3) is 4.73. The lowest BCUT2D eigenvalue weighted by atomic mass is 9.94. The minimum absolute atomic E-state index is 0.107. The summed E-state index contributed by atoms with van der Waals surface area (Å²) < 4.78 is 5.71. The molecule has 0 amide bonds. The second kappa shape index (κ2) is 5.55. The van der Waals surface area contributed by atoms with E-state index < -0.39 is 0 Å². The van der Waals surface area contributed by atoms with Crippen molar-refractivity contribution >= 4 is 0 Å². The molecular weight excluding hydrogens is 150 g/mol. The first-order valence-corrected chi connectivity index (χ1v) is 4.88. The minimum atomic E-state index is -0.107. The molecule has 1 atom stereocenters. The van der Waals surface area contributed by atoms with Crippen LogP contribution < -0.4 is 5.73 Å². The molecule has 0 aliphatic carbocycles. The Morgan fingerprint density at radius 2 is 2.00 bits per heavy atom. The molecule has 2 N–H and O–H groups in total. The second-order valence-corrected chi connectivity index (χ2v) is 4.10. The summed E-state index contributed by atoms with van der Waals surface area (Å²) >= 11 is 0. The van der Waals surface area contributed by atoms with Crippen molar-refractivity contribution in [3.05, 3.63) is 0 Å². The van der Waals surface area contributed by atoms with Gasteiger partial charge in [-0.05, 0) is 25.7 Å². The van der Waals surface area contributed by atoms with Gasteiger partial charge in [-0.25, -0.2) is 0 Å². The van der Waals surface area contributed by atoms with Crippen LogP contribution in [0.3, 0.4) is 0 Å². The predicted octanol–water partition coefficient (Wildman–Crippen LogP) is 2.18. The predicted molar refractivity (Wildman–Crippen MR) is 53.2 cm³/mol. The summed E-state index contributed by atoms with van der Waals surface area (Å²) in [6.45, 7) is 10.0. The zero-order valence-corrected chi connectivity index (χ0v) is 8.89. The van der Waals surface area contributed by atoms with Crippen molar-refractivity contribution in [1.29, 1.82) is 0 Å². The van der Waals surface area contributed by atoms with Crippen molar-refractivity contribution in [3.8, 4) is 0 Å². The van der Waals surface area contributed by atoms with Crippen LogP contribution in [0.1, 0.15) is 40.5 Å². The minimum Gasteiger partial charge on any atom is -0.374 e. The largest absolute Gasteiger partial charge is 0.374 e. The Morgan fingerprint density at radius 3 is 2.33 bits per heavy atom. The Morgan fingerprint density at radius 1 is 1.42 bits per heavy atom. The summed E-state index contributed by atoms with van der Waals surface area (Å²) in [5.41, 5.74) is 5.56.